The number of benzene rings is 2. The largest absolute Gasteiger partial charge is 0.487 e. The van der Waals surface area contributed by atoms with Crippen molar-refractivity contribution in [1.82, 2.24) is 9.80 Å². The fraction of sp³-hybridized carbons (Fsp3) is 0.261. The van der Waals surface area contributed by atoms with Crippen molar-refractivity contribution in [2.45, 2.75) is 19.1 Å². The van der Waals surface area contributed by atoms with E-state index in [9.17, 15) is 4.79 Å². The second-order valence-electron chi connectivity index (χ2n) is 7.51. The Morgan fingerprint density at radius 3 is 2.68 bits per heavy atom. The second-order valence-corrected chi connectivity index (χ2v) is 8.73. The third-order valence-electron chi connectivity index (χ3n) is 5.50. The quantitative estimate of drug-likeness (QED) is 0.509. The molecule has 1 fully saturated rings. The van der Waals surface area contributed by atoms with E-state index in [0.29, 0.717) is 46.7 Å². The Morgan fingerprint density at radius 2 is 1.94 bits per heavy atom. The molecule has 4 rings (SSSR count). The van der Waals surface area contributed by atoms with E-state index in [0.717, 1.165) is 24.2 Å². The van der Waals surface area contributed by atoms with Crippen molar-refractivity contribution in [1.29, 1.82) is 0 Å². The predicted molar refractivity (Wildman–Crippen MR) is 126 cm³/mol. The molecule has 2 aromatic rings. The average molecular weight is 479 g/mol. The van der Waals surface area contributed by atoms with E-state index in [1.807, 2.05) is 35.4 Å². The number of halogens is 3. The Morgan fingerprint density at radius 1 is 1.10 bits per heavy atom. The van der Waals surface area contributed by atoms with Crippen molar-refractivity contribution in [2.75, 3.05) is 24.7 Å². The van der Waals surface area contributed by atoms with Crippen molar-refractivity contribution < 1.29 is 9.53 Å². The molecule has 8 heteroatoms. The Balaban J connectivity index is 1.35. The zero-order chi connectivity index (χ0) is 22.0. The molecule has 0 bridgehead atoms. The number of carbonyl (C=O) groups is 1. The number of likely N-dealkylation sites (tertiary alicyclic amines) is 1. The van der Waals surface area contributed by atoms with Crippen molar-refractivity contribution in [3.63, 3.8) is 0 Å². The summed E-state index contributed by atoms with van der Waals surface area (Å²) >= 11 is 18.5. The summed E-state index contributed by atoms with van der Waals surface area (Å²) in [6, 6.07) is 11.4. The minimum atomic E-state index is -0.00854. The van der Waals surface area contributed by atoms with Crippen molar-refractivity contribution in [3.8, 4) is 5.75 Å². The minimum Gasteiger partial charge on any atom is -0.487 e. The van der Waals surface area contributed by atoms with E-state index in [4.69, 9.17) is 39.5 Å². The lowest BCUT2D eigenvalue weighted by Crippen LogP contribution is -2.37. The fourth-order valence-corrected chi connectivity index (χ4v) is 4.31. The molecule has 0 aromatic heterocycles. The summed E-state index contributed by atoms with van der Waals surface area (Å²) in [7, 11) is 0. The van der Waals surface area contributed by atoms with Crippen LogP contribution < -0.4 is 9.64 Å². The summed E-state index contributed by atoms with van der Waals surface area (Å²) in [5, 5.41) is 1.54. The van der Waals surface area contributed by atoms with Crippen LogP contribution in [0.2, 0.25) is 15.1 Å². The van der Waals surface area contributed by atoms with E-state index in [1.54, 1.807) is 12.1 Å². The number of anilines is 1. The molecule has 0 radical (unpaired) electrons. The van der Waals surface area contributed by atoms with E-state index in [1.165, 1.54) is 6.08 Å². The van der Waals surface area contributed by atoms with Crippen LogP contribution in [0.15, 0.2) is 61.5 Å². The Bertz CT molecular complexity index is 1030. The third-order valence-corrected chi connectivity index (χ3v) is 6.53. The Labute approximate surface area is 197 Å². The topological polar surface area (TPSA) is 36.0 Å². The van der Waals surface area contributed by atoms with Crippen LogP contribution in [0.3, 0.4) is 0 Å². The van der Waals surface area contributed by atoms with Crippen LogP contribution in [0.1, 0.15) is 12.0 Å². The molecule has 0 saturated carbocycles. The van der Waals surface area contributed by atoms with Gasteiger partial charge in [-0.25, -0.2) is 0 Å². The zero-order valence-corrected chi connectivity index (χ0v) is 19.1. The molecule has 1 saturated heterocycles. The van der Waals surface area contributed by atoms with Gasteiger partial charge in [-0.15, -0.1) is 0 Å². The van der Waals surface area contributed by atoms with Gasteiger partial charge in [-0.1, -0.05) is 47.4 Å². The van der Waals surface area contributed by atoms with Gasteiger partial charge in [0.15, 0.2) is 0 Å². The molecule has 1 amide bonds. The van der Waals surface area contributed by atoms with E-state index in [2.05, 4.69) is 22.6 Å². The van der Waals surface area contributed by atoms with Gasteiger partial charge in [-0.2, -0.15) is 0 Å². The van der Waals surface area contributed by atoms with Gasteiger partial charge < -0.3 is 19.4 Å². The van der Waals surface area contributed by atoms with Crippen LogP contribution in [0.4, 0.5) is 5.69 Å². The fourth-order valence-electron chi connectivity index (χ4n) is 3.76. The monoisotopic (exact) mass is 477 g/mol. The van der Waals surface area contributed by atoms with E-state index < -0.39 is 0 Å². The first-order valence-electron chi connectivity index (χ1n) is 9.93. The van der Waals surface area contributed by atoms with Gasteiger partial charge in [0.05, 0.1) is 21.7 Å². The predicted octanol–water partition coefficient (Wildman–Crippen LogP) is 5.56. The van der Waals surface area contributed by atoms with Gasteiger partial charge in [0.2, 0.25) is 5.91 Å². The number of nitrogens with zero attached hydrogens (tertiary/aromatic N) is 3. The van der Waals surface area contributed by atoms with E-state index >= 15 is 0 Å². The second kappa shape index (κ2) is 9.43. The summed E-state index contributed by atoms with van der Waals surface area (Å²) in [6.07, 6.45) is 6.41. The highest BCUT2D eigenvalue weighted by molar-refractivity contribution is 6.42. The first-order chi connectivity index (χ1) is 14.9. The SMILES string of the molecule is C=CC(=O)N1CC[C@@H](N2C=CN(c3ccc(OCc4ccc(Cl)c(Cl)c4)c(Cl)c3)C2)C1. The number of ether oxygens (including phenoxy) is 1. The van der Waals surface area contributed by atoms with Crippen LogP contribution in [0.5, 0.6) is 5.75 Å². The summed E-state index contributed by atoms with van der Waals surface area (Å²) < 4.78 is 5.86. The van der Waals surface area contributed by atoms with Gasteiger partial charge in [0.25, 0.3) is 0 Å². The number of hydrogen-bond acceptors (Lipinski definition) is 4. The number of carbonyl (C=O) groups excluding carboxylic acids is 1. The molecular weight excluding hydrogens is 457 g/mol. The normalized spacial score (nSPS) is 18.0. The molecule has 2 aliphatic heterocycles. The van der Waals surface area contributed by atoms with Crippen LogP contribution in [0.25, 0.3) is 0 Å². The molecule has 0 unspecified atom stereocenters. The number of rotatable bonds is 6. The van der Waals surface area contributed by atoms with Crippen LogP contribution in [-0.2, 0) is 11.4 Å². The van der Waals surface area contributed by atoms with Gasteiger partial charge >= 0.3 is 0 Å². The molecule has 2 aromatic carbocycles. The maximum atomic E-state index is 11.8. The van der Waals surface area contributed by atoms with Gasteiger partial charge in [-0.3, -0.25) is 4.79 Å². The van der Waals surface area contributed by atoms with Crippen LogP contribution in [-0.4, -0.2) is 41.5 Å². The lowest BCUT2D eigenvalue weighted by Gasteiger charge is -2.27. The van der Waals surface area contributed by atoms with E-state index in [-0.39, 0.29) is 5.91 Å². The summed E-state index contributed by atoms with van der Waals surface area (Å²) in [6.45, 7) is 6.10. The molecule has 5 nitrogen and oxygen atoms in total. The average Bonchev–Trinajstić information content (AvgIpc) is 3.44. The van der Waals surface area contributed by atoms with Crippen LogP contribution in [0, 0.1) is 0 Å². The number of amides is 1. The van der Waals surface area contributed by atoms with Gasteiger partial charge in [0.1, 0.15) is 12.4 Å². The lowest BCUT2D eigenvalue weighted by molar-refractivity contribution is -0.125. The molecule has 0 N–H and O–H groups in total. The summed E-state index contributed by atoms with van der Waals surface area (Å²) in [5.74, 6) is 0.594. The van der Waals surface area contributed by atoms with Crippen molar-refractivity contribution in [3.05, 3.63) is 82.1 Å². The highest BCUT2D eigenvalue weighted by Gasteiger charge is 2.30. The molecular formula is C23H22Cl3N3O2. The third kappa shape index (κ3) is 4.95. The number of hydrogen-bond donors (Lipinski definition) is 0. The highest BCUT2D eigenvalue weighted by Crippen LogP contribution is 2.32. The first kappa shape index (κ1) is 21.9. The Hall–Kier alpha value is -2.34. The van der Waals surface area contributed by atoms with Gasteiger partial charge in [-0.05, 0) is 48.4 Å². The summed E-state index contributed by atoms with van der Waals surface area (Å²) in [5.41, 5.74) is 1.89. The minimum absolute atomic E-state index is 0.00854. The molecule has 31 heavy (non-hydrogen) atoms. The first-order valence-corrected chi connectivity index (χ1v) is 11.1. The lowest BCUT2D eigenvalue weighted by atomic mass is 10.2. The Kier molecular flexibility index (Phi) is 6.65. The standard InChI is InChI=1S/C23H22Cl3N3O2/c1-2-23(30)27-8-7-18(13-27)29-10-9-28(15-29)17-4-6-22(21(26)12-17)31-14-16-3-5-19(24)20(25)11-16/h2-6,9-12,18H,1,7-8,13-15H2/t18-/m1/s1. The van der Waals surface area contributed by atoms with Crippen molar-refractivity contribution >= 4 is 46.4 Å². The van der Waals surface area contributed by atoms with Crippen LogP contribution >= 0.6 is 34.8 Å². The summed E-state index contributed by atoms with van der Waals surface area (Å²) in [4.78, 5) is 18.0. The molecule has 2 heterocycles. The van der Waals surface area contributed by atoms with Crippen molar-refractivity contribution in [2.24, 2.45) is 0 Å². The smallest absolute Gasteiger partial charge is 0.246 e. The molecule has 0 spiro atoms. The molecule has 162 valence electrons. The maximum absolute atomic E-state index is 11.8. The zero-order valence-electron chi connectivity index (χ0n) is 16.8. The molecule has 1 atom stereocenters. The molecule has 2 aliphatic rings. The van der Waals surface area contributed by atoms with Gasteiger partial charge in [0, 0.05) is 37.2 Å². The highest BCUT2D eigenvalue weighted by atomic mass is 35.5. The molecule has 0 aliphatic carbocycles. The maximum Gasteiger partial charge on any atom is 0.246 e.